The molecule has 0 fully saturated rings. The molecule has 7 nitrogen and oxygen atoms in total. The molecule has 0 unspecified atom stereocenters. The molecular weight excluding hydrogens is 363 g/mol. The van der Waals surface area contributed by atoms with Gasteiger partial charge in [-0.1, -0.05) is 0 Å². The third-order valence-corrected chi connectivity index (χ3v) is 3.64. The lowest BCUT2D eigenvalue weighted by Gasteiger charge is -2.08. The maximum absolute atomic E-state index is 14.3. The summed E-state index contributed by atoms with van der Waals surface area (Å²) in [5.41, 5.74) is 0.893. The van der Waals surface area contributed by atoms with Crippen molar-refractivity contribution in [3.05, 3.63) is 60.4 Å². The van der Waals surface area contributed by atoms with Crippen LogP contribution >= 0.6 is 0 Å². The number of fused-ring (bicyclic) bond motifs is 1. The summed E-state index contributed by atoms with van der Waals surface area (Å²) < 4.78 is 49.6. The van der Waals surface area contributed by atoms with E-state index in [1.54, 1.807) is 24.4 Å². The first kappa shape index (κ1) is 16.9. The number of aromatic nitrogens is 5. The molecule has 0 aliphatic carbocycles. The van der Waals surface area contributed by atoms with Gasteiger partial charge in [-0.25, -0.2) is 14.4 Å². The van der Waals surface area contributed by atoms with Crippen molar-refractivity contribution >= 4 is 10.9 Å². The van der Waals surface area contributed by atoms with E-state index in [9.17, 15) is 13.2 Å². The van der Waals surface area contributed by atoms with Gasteiger partial charge < -0.3 is 9.15 Å². The Morgan fingerprint density at radius 2 is 1.96 bits per heavy atom. The van der Waals surface area contributed by atoms with Crippen molar-refractivity contribution in [2.45, 2.75) is 13.0 Å². The monoisotopic (exact) mass is 373 g/mol. The normalized spacial score (nSPS) is 11.3. The second-order valence-electron chi connectivity index (χ2n) is 5.43. The largest absolute Gasteiger partial charge is 0.487 e. The van der Waals surface area contributed by atoms with Crippen molar-refractivity contribution in [2.75, 3.05) is 0 Å². The highest BCUT2D eigenvalue weighted by atomic mass is 19.3. The number of pyridine rings is 1. The molecule has 27 heavy (non-hydrogen) atoms. The molecule has 0 spiro atoms. The molecule has 0 radical (unpaired) electrons. The molecule has 0 saturated carbocycles. The molecule has 3 aromatic heterocycles. The maximum Gasteiger partial charge on any atom is 0.314 e. The fourth-order valence-electron chi connectivity index (χ4n) is 2.33. The van der Waals surface area contributed by atoms with E-state index >= 15 is 0 Å². The lowest BCUT2D eigenvalue weighted by atomic mass is 10.2. The van der Waals surface area contributed by atoms with Crippen molar-refractivity contribution in [1.82, 2.24) is 25.1 Å². The van der Waals surface area contributed by atoms with Gasteiger partial charge >= 0.3 is 6.43 Å². The third kappa shape index (κ3) is 3.54. The van der Waals surface area contributed by atoms with Crippen LogP contribution in [-0.4, -0.2) is 25.1 Å². The zero-order valence-electron chi connectivity index (χ0n) is 13.5. The number of benzene rings is 1. The van der Waals surface area contributed by atoms with Crippen LogP contribution in [0.3, 0.4) is 0 Å². The second-order valence-corrected chi connectivity index (χ2v) is 5.43. The Bertz CT molecular complexity index is 1100. The molecule has 3 heterocycles. The number of alkyl halides is 2. The number of ether oxygens (including phenoxy) is 1. The highest BCUT2D eigenvalue weighted by molar-refractivity contribution is 5.78. The van der Waals surface area contributed by atoms with E-state index in [2.05, 4.69) is 25.1 Å². The van der Waals surface area contributed by atoms with Crippen molar-refractivity contribution in [1.29, 1.82) is 0 Å². The Morgan fingerprint density at radius 1 is 1.07 bits per heavy atom. The molecule has 4 rings (SSSR count). The molecule has 10 heteroatoms. The molecule has 0 atom stereocenters. The fraction of sp³-hybridized carbons (Fsp3) is 0.118. The van der Waals surface area contributed by atoms with Gasteiger partial charge in [-0.2, -0.15) is 8.78 Å². The Labute approximate surface area is 149 Å². The number of halogens is 3. The standard InChI is InChI=1S/C17H10F3N5O2/c18-12-4-10(16-24-25-17(27-16)15(19)20)6-22-14(12)7-26-11-1-2-13-9(3-11)5-21-8-23-13/h1-6,8,15H,7H2. The van der Waals surface area contributed by atoms with E-state index in [0.717, 1.165) is 17.0 Å². The molecule has 136 valence electrons. The van der Waals surface area contributed by atoms with Gasteiger partial charge in [0.2, 0.25) is 5.89 Å². The predicted octanol–water partition coefficient (Wildman–Crippen LogP) is 3.73. The average molecular weight is 373 g/mol. The number of hydrogen-bond acceptors (Lipinski definition) is 7. The van der Waals surface area contributed by atoms with Gasteiger partial charge in [0.1, 0.15) is 30.2 Å². The molecular formula is C17H10F3N5O2. The highest BCUT2D eigenvalue weighted by Crippen LogP contribution is 2.24. The van der Waals surface area contributed by atoms with Crippen molar-refractivity contribution in [2.24, 2.45) is 0 Å². The van der Waals surface area contributed by atoms with Crippen LogP contribution in [0.4, 0.5) is 13.2 Å². The molecule has 0 bridgehead atoms. The van der Waals surface area contributed by atoms with Crippen molar-refractivity contribution in [3.63, 3.8) is 0 Å². The first-order chi connectivity index (χ1) is 13.1. The van der Waals surface area contributed by atoms with Crippen LogP contribution in [0.25, 0.3) is 22.4 Å². The van der Waals surface area contributed by atoms with Crippen LogP contribution in [0.2, 0.25) is 0 Å². The van der Waals surface area contributed by atoms with Gasteiger partial charge in [0, 0.05) is 17.8 Å². The van der Waals surface area contributed by atoms with E-state index in [1.807, 2.05) is 0 Å². The molecule has 0 amide bonds. The minimum atomic E-state index is -2.90. The van der Waals surface area contributed by atoms with Crippen LogP contribution in [0, 0.1) is 5.82 Å². The van der Waals surface area contributed by atoms with E-state index in [4.69, 9.17) is 9.15 Å². The Hall–Kier alpha value is -3.56. The second kappa shape index (κ2) is 6.98. The lowest BCUT2D eigenvalue weighted by Crippen LogP contribution is -2.02. The van der Waals surface area contributed by atoms with Gasteiger partial charge in [0.25, 0.3) is 5.89 Å². The first-order valence-electron chi connectivity index (χ1n) is 7.69. The molecule has 4 aromatic rings. The third-order valence-electron chi connectivity index (χ3n) is 3.64. The molecule has 0 aliphatic rings. The van der Waals surface area contributed by atoms with Crippen LogP contribution in [0.15, 0.2) is 47.4 Å². The van der Waals surface area contributed by atoms with E-state index in [-0.39, 0.29) is 23.8 Å². The fourth-order valence-corrected chi connectivity index (χ4v) is 2.33. The van der Waals surface area contributed by atoms with Crippen molar-refractivity contribution in [3.8, 4) is 17.2 Å². The van der Waals surface area contributed by atoms with Crippen LogP contribution in [-0.2, 0) is 6.61 Å². The molecule has 1 aromatic carbocycles. The highest BCUT2D eigenvalue weighted by Gasteiger charge is 2.18. The minimum Gasteiger partial charge on any atom is -0.487 e. The van der Waals surface area contributed by atoms with Gasteiger partial charge in [-0.05, 0) is 24.3 Å². The zero-order valence-corrected chi connectivity index (χ0v) is 13.5. The smallest absolute Gasteiger partial charge is 0.314 e. The summed E-state index contributed by atoms with van der Waals surface area (Å²) in [5.74, 6) is -1.26. The Kier molecular flexibility index (Phi) is 4.37. The zero-order chi connectivity index (χ0) is 18.8. The van der Waals surface area contributed by atoms with E-state index in [0.29, 0.717) is 5.75 Å². The number of nitrogens with zero attached hydrogens (tertiary/aromatic N) is 5. The quantitative estimate of drug-likeness (QED) is 0.527. The summed E-state index contributed by atoms with van der Waals surface area (Å²) in [6.45, 7) is -0.128. The summed E-state index contributed by atoms with van der Waals surface area (Å²) in [5, 5.41) is 7.43. The van der Waals surface area contributed by atoms with E-state index < -0.39 is 18.1 Å². The summed E-state index contributed by atoms with van der Waals surface area (Å²) in [6, 6.07) is 6.26. The molecule has 0 N–H and O–H groups in total. The van der Waals surface area contributed by atoms with Crippen molar-refractivity contribution < 1.29 is 22.3 Å². The predicted molar refractivity (Wildman–Crippen MR) is 86.3 cm³/mol. The van der Waals surface area contributed by atoms with Crippen LogP contribution in [0.1, 0.15) is 18.0 Å². The minimum absolute atomic E-state index is 0.0387. The average Bonchev–Trinajstić information content (AvgIpc) is 3.17. The maximum atomic E-state index is 14.3. The first-order valence-corrected chi connectivity index (χ1v) is 7.69. The molecule has 0 aliphatic heterocycles. The Morgan fingerprint density at radius 3 is 2.74 bits per heavy atom. The van der Waals surface area contributed by atoms with Gasteiger partial charge in [0.05, 0.1) is 11.1 Å². The summed E-state index contributed by atoms with van der Waals surface area (Å²) in [4.78, 5) is 12.0. The topological polar surface area (TPSA) is 86.8 Å². The summed E-state index contributed by atoms with van der Waals surface area (Å²) in [7, 11) is 0. The van der Waals surface area contributed by atoms with Gasteiger partial charge in [-0.3, -0.25) is 4.98 Å². The van der Waals surface area contributed by atoms with Gasteiger partial charge in [0.15, 0.2) is 0 Å². The van der Waals surface area contributed by atoms with Gasteiger partial charge in [-0.15, -0.1) is 10.2 Å². The Balaban J connectivity index is 1.50. The SMILES string of the molecule is Fc1cc(-c2nnc(C(F)F)o2)cnc1COc1ccc2ncncc2c1. The summed E-state index contributed by atoms with van der Waals surface area (Å²) >= 11 is 0. The van der Waals surface area contributed by atoms with Crippen LogP contribution in [0.5, 0.6) is 5.75 Å². The van der Waals surface area contributed by atoms with Crippen LogP contribution < -0.4 is 4.74 Å². The number of hydrogen-bond donors (Lipinski definition) is 0. The van der Waals surface area contributed by atoms with E-state index in [1.165, 1.54) is 12.5 Å². The number of rotatable bonds is 5. The molecule has 0 saturated heterocycles. The summed E-state index contributed by atoms with van der Waals surface area (Å²) in [6.07, 6.45) is 1.43. The lowest BCUT2D eigenvalue weighted by molar-refractivity contribution is 0.116.